The molecule has 2 heterocycles. The first kappa shape index (κ1) is 13.1. The minimum Gasteiger partial charge on any atom is -0.314 e. The van der Waals surface area contributed by atoms with E-state index >= 15 is 0 Å². The molecule has 17 heavy (non-hydrogen) atoms. The summed E-state index contributed by atoms with van der Waals surface area (Å²) in [7, 11) is 0. The highest BCUT2D eigenvalue weighted by Gasteiger charge is 2.23. The van der Waals surface area contributed by atoms with Gasteiger partial charge in [-0.15, -0.1) is 11.3 Å². The first-order valence-electron chi connectivity index (χ1n) is 6.68. The highest BCUT2D eigenvalue weighted by molar-refractivity contribution is 7.12. The van der Waals surface area contributed by atoms with Crippen molar-refractivity contribution in [2.45, 2.75) is 33.2 Å². The molecule has 0 bridgehead atoms. The van der Waals surface area contributed by atoms with Gasteiger partial charge in [0.2, 0.25) is 0 Å². The Bertz CT molecular complexity index is 340. The zero-order valence-corrected chi connectivity index (χ0v) is 12.0. The van der Waals surface area contributed by atoms with E-state index in [-0.39, 0.29) is 0 Å². The summed E-state index contributed by atoms with van der Waals surface area (Å²) >= 11 is 1.97. The first-order valence-corrected chi connectivity index (χ1v) is 7.49. The van der Waals surface area contributed by atoms with Gasteiger partial charge < -0.3 is 5.32 Å². The van der Waals surface area contributed by atoms with Crippen molar-refractivity contribution < 1.29 is 0 Å². The molecule has 1 N–H and O–H groups in total. The first-order chi connectivity index (χ1) is 8.16. The van der Waals surface area contributed by atoms with E-state index < -0.39 is 0 Å². The van der Waals surface area contributed by atoms with E-state index in [1.807, 2.05) is 11.3 Å². The zero-order chi connectivity index (χ0) is 12.3. The highest BCUT2D eigenvalue weighted by atomic mass is 32.1. The van der Waals surface area contributed by atoms with Crippen LogP contribution in [-0.2, 0) is 0 Å². The average Bonchev–Trinajstić information content (AvgIpc) is 2.73. The molecule has 0 unspecified atom stereocenters. The maximum atomic E-state index is 3.44. The number of aryl methyl sites for hydroxylation is 1. The number of nitrogens with one attached hydrogen (secondary N) is 1. The van der Waals surface area contributed by atoms with Crippen LogP contribution in [0.2, 0.25) is 0 Å². The molecule has 0 aliphatic carbocycles. The third-order valence-electron chi connectivity index (χ3n) is 3.38. The molecular weight excluding hydrogens is 228 g/mol. The molecule has 3 heteroatoms. The lowest BCUT2D eigenvalue weighted by Crippen LogP contribution is -2.45. The summed E-state index contributed by atoms with van der Waals surface area (Å²) < 4.78 is 0. The van der Waals surface area contributed by atoms with E-state index in [1.54, 1.807) is 4.88 Å². The van der Waals surface area contributed by atoms with E-state index in [9.17, 15) is 0 Å². The lowest BCUT2D eigenvalue weighted by molar-refractivity contribution is 0.156. The van der Waals surface area contributed by atoms with Crippen LogP contribution in [-0.4, -0.2) is 31.1 Å². The number of thiophene rings is 1. The second kappa shape index (κ2) is 5.98. The second-order valence-electron chi connectivity index (χ2n) is 5.38. The van der Waals surface area contributed by atoms with Gasteiger partial charge in [0.15, 0.2) is 0 Å². The van der Waals surface area contributed by atoms with Gasteiger partial charge in [0.05, 0.1) is 0 Å². The van der Waals surface area contributed by atoms with E-state index in [4.69, 9.17) is 0 Å². The SMILES string of the molecule is Cc1ccc([C@H](CC(C)C)N2CCNCC2)s1. The van der Waals surface area contributed by atoms with Crippen molar-refractivity contribution in [3.63, 3.8) is 0 Å². The van der Waals surface area contributed by atoms with E-state index in [1.165, 1.54) is 24.4 Å². The fourth-order valence-corrected chi connectivity index (χ4v) is 3.54. The minimum absolute atomic E-state index is 0.635. The molecule has 1 aliphatic heterocycles. The molecule has 2 nitrogen and oxygen atoms in total. The quantitative estimate of drug-likeness (QED) is 0.886. The summed E-state index contributed by atoms with van der Waals surface area (Å²) in [5.41, 5.74) is 0. The van der Waals surface area contributed by atoms with Crippen molar-refractivity contribution in [1.29, 1.82) is 0 Å². The molecule has 0 saturated carbocycles. The van der Waals surface area contributed by atoms with E-state index in [2.05, 4.69) is 43.1 Å². The van der Waals surface area contributed by atoms with Gasteiger partial charge in [-0.05, 0) is 31.4 Å². The van der Waals surface area contributed by atoms with E-state index in [0.29, 0.717) is 6.04 Å². The standard InChI is InChI=1S/C14H24N2S/c1-11(2)10-13(14-5-4-12(3)17-14)16-8-6-15-7-9-16/h4-5,11,13,15H,6-10H2,1-3H3/t13-/m0/s1. The van der Waals surface area contributed by atoms with Gasteiger partial charge >= 0.3 is 0 Å². The van der Waals surface area contributed by atoms with Crippen molar-refractivity contribution in [1.82, 2.24) is 10.2 Å². The molecule has 1 fully saturated rings. The highest BCUT2D eigenvalue weighted by Crippen LogP contribution is 2.32. The Labute approximate surface area is 109 Å². The van der Waals surface area contributed by atoms with Crippen molar-refractivity contribution in [2.24, 2.45) is 5.92 Å². The summed E-state index contributed by atoms with van der Waals surface area (Å²) in [4.78, 5) is 5.64. The molecule has 0 aromatic carbocycles. The Kier molecular flexibility index (Phi) is 4.60. The van der Waals surface area contributed by atoms with Crippen LogP contribution in [0, 0.1) is 12.8 Å². The number of rotatable bonds is 4. The van der Waals surface area contributed by atoms with Gasteiger partial charge in [-0.25, -0.2) is 0 Å². The molecule has 0 spiro atoms. The summed E-state index contributed by atoms with van der Waals surface area (Å²) in [5.74, 6) is 0.761. The number of nitrogens with zero attached hydrogens (tertiary/aromatic N) is 1. The van der Waals surface area contributed by atoms with Gasteiger partial charge in [0, 0.05) is 42.0 Å². The van der Waals surface area contributed by atoms with Crippen LogP contribution < -0.4 is 5.32 Å². The monoisotopic (exact) mass is 252 g/mol. The van der Waals surface area contributed by atoms with Crippen LogP contribution in [0.4, 0.5) is 0 Å². The molecule has 1 saturated heterocycles. The summed E-state index contributed by atoms with van der Waals surface area (Å²) in [6, 6.07) is 5.22. The summed E-state index contributed by atoms with van der Waals surface area (Å²) in [6.45, 7) is 11.5. The van der Waals surface area contributed by atoms with Crippen LogP contribution in [0.5, 0.6) is 0 Å². The zero-order valence-electron chi connectivity index (χ0n) is 11.2. The fraction of sp³-hybridized carbons (Fsp3) is 0.714. The number of hydrogen-bond acceptors (Lipinski definition) is 3. The normalized spacial score (nSPS) is 19.8. The molecule has 1 aliphatic rings. The second-order valence-corrected chi connectivity index (χ2v) is 6.70. The van der Waals surface area contributed by atoms with Crippen LogP contribution in [0.3, 0.4) is 0 Å². The van der Waals surface area contributed by atoms with Crippen molar-refractivity contribution in [3.05, 3.63) is 21.9 Å². The van der Waals surface area contributed by atoms with Crippen LogP contribution in [0.1, 0.15) is 36.1 Å². The minimum atomic E-state index is 0.635. The van der Waals surface area contributed by atoms with Gasteiger partial charge in [-0.2, -0.15) is 0 Å². The largest absolute Gasteiger partial charge is 0.314 e. The summed E-state index contributed by atoms with van der Waals surface area (Å²) in [5, 5.41) is 3.44. The number of hydrogen-bond donors (Lipinski definition) is 1. The smallest absolute Gasteiger partial charge is 0.0445 e. The maximum Gasteiger partial charge on any atom is 0.0445 e. The average molecular weight is 252 g/mol. The van der Waals surface area contributed by atoms with Gasteiger partial charge in [0.1, 0.15) is 0 Å². The summed E-state index contributed by atoms with van der Waals surface area (Å²) in [6.07, 6.45) is 1.28. The van der Waals surface area contributed by atoms with Crippen molar-refractivity contribution in [3.8, 4) is 0 Å². The molecule has 0 radical (unpaired) electrons. The van der Waals surface area contributed by atoms with E-state index in [0.717, 1.165) is 19.0 Å². The predicted octanol–water partition coefficient (Wildman–Crippen LogP) is 3.05. The molecular formula is C14H24N2S. The number of piperazine rings is 1. The topological polar surface area (TPSA) is 15.3 Å². The van der Waals surface area contributed by atoms with Crippen LogP contribution >= 0.6 is 11.3 Å². The Morgan fingerprint density at radius 2 is 2.00 bits per heavy atom. The Morgan fingerprint density at radius 3 is 2.53 bits per heavy atom. The molecule has 1 atom stereocenters. The van der Waals surface area contributed by atoms with Crippen LogP contribution in [0.15, 0.2) is 12.1 Å². The van der Waals surface area contributed by atoms with Gasteiger partial charge in [-0.3, -0.25) is 4.90 Å². The fourth-order valence-electron chi connectivity index (χ4n) is 2.52. The van der Waals surface area contributed by atoms with Crippen molar-refractivity contribution in [2.75, 3.05) is 26.2 Å². The lowest BCUT2D eigenvalue weighted by Gasteiger charge is -2.35. The third kappa shape index (κ3) is 3.54. The van der Waals surface area contributed by atoms with Gasteiger partial charge in [-0.1, -0.05) is 13.8 Å². The molecule has 1 aromatic rings. The lowest BCUT2D eigenvalue weighted by atomic mass is 10.0. The Hall–Kier alpha value is -0.380. The molecule has 1 aromatic heterocycles. The molecule has 0 amide bonds. The van der Waals surface area contributed by atoms with Gasteiger partial charge in [0.25, 0.3) is 0 Å². The Morgan fingerprint density at radius 1 is 1.29 bits per heavy atom. The molecule has 96 valence electrons. The van der Waals surface area contributed by atoms with Crippen molar-refractivity contribution >= 4 is 11.3 Å². The maximum absolute atomic E-state index is 3.44. The third-order valence-corrected chi connectivity index (χ3v) is 4.48. The molecule has 2 rings (SSSR count). The van der Waals surface area contributed by atoms with Crippen LogP contribution in [0.25, 0.3) is 0 Å². The Balaban J connectivity index is 2.11. The predicted molar refractivity (Wildman–Crippen MR) is 75.7 cm³/mol.